The molecule has 0 atom stereocenters. The number of hydrogen-bond acceptors (Lipinski definition) is 5. The monoisotopic (exact) mass is 393 g/mol. The molecule has 6 nitrogen and oxygen atoms in total. The Morgan fingerprint density at radius 2 is 1.93 bits per heavy atom. The van der Waals surface area contributed by atoms with E-state index in [1.807, 2.05) is 4.90 Å². The van der Waals surface area contributed by atoms with Crippen molar-refractivity contribution < 1.29 is 14.3 Å². The molecule has 0 radical (unpaired) electrons. The summed E-state index contributed by atoms with van der Waals surface area (Å²) < 4.78 is 4.98. The lowest BCUT2D eigenvalue weighted by Gasteiger charge is -2.34. The van der Waals surface area contributed by atoms with Crippen LogP contribution in [0.5, 0.6) is 0 Å². The number of thiophene rings is 1. The van der Waals surface area contributed by atoms with E-state index in [9.17, 15) is 9.59 Å². The van der Waals surface area contributed by atoms with Crippen LogP contribution in [-0.2, 0) is 22.4 Å². The highest BCUT2D eigenvalue weighted by Crippen LogP contribution is 2.29. The third kappa shape index (κ3) is 5.77. The Hall–Kier alpha value is -1.44. The molecule has 0 spiro atoms. The number of rotatable bonds is 7. The largest absolute Gasteiger partial charge is 0.385 e. The lowest BCUT2D eigenvalue weighted by atomic mass is 10.1. The first-order chi connectivity index (χ1) is 13.2. The zero-order chi connectivity index (χ0) is 19.1. The van der Waals surface area contributed by atoms with E-state index < -0.39 is 0 Å². The van der Waals surface area contributed by atoms with E-state index in [1.54, 1.807) is 18.4 Å². The highest BCUT2D eigenvalue weighted by atomic mass is 32.1. The zero-order valence-corrected chi connectivity index (χ0v) is 17.1. The van der Waals surface area contributed by atoms with Gasteiger partial charge in [-0.15, -0.1) is 11.3 Å². The molecule has 0 unspecified atom stereocenters. The number of nitrogens with one attached hydrogen (secondary N) is 1. The number of aryl methyl sites for hydroxylation is 2. The summed E-state index contributed by atoms with van der Waals surface area (Å²) in [5.41, 5.74) is 1.39. The van der Waals surface area contributed by atoms with Crippen molar-refractivity contribution in [2.75, 3.05) is 53.0 Å². The van der Waals surface area contributed by atoms with Crippen molar-refractivity contribution in [3.05, 3.63) is 21.4 Å². The summed E-state index contributed by atoms with van der Waals surface area (Å²) in [6.07, 6.45) is 6.85. The Morgan fingerprint density at radius 3 is 2.70 bits per heavy atom. The van der Waals surface area contributed by atoms with Gasteiger partial charge in [0, 0.05) is 51.3 Å². The van der Waals surface area contributed by atoms with Crippen LogP contribution < -0.4 is 5.32 Å². The Balaban J connectivity index is 1.43. The van der Waals surface area contributed by atoms with Crippen molar-refractivity contribution in [3.63, 3.8) is 0 Å². The van der Waals surface area contributed by atoms with Crippen molar-refractivity contribution in [1.82, 2.24) is 15.1 Å². The fourth-order valence-corrected chi connectivity index (χ4v) is 4.96. The van der Waals surface area contributed by atoms with E-state index in [0.717, 1.165) is 37.2 Å². The van der Waals surface area contributed by atoms with Crippen LogP contribution >= 0.6 is 11.3 Å². The van der Waals surface area contributed by atoms with Gasteiger partial charge in [0.2, 0.25) is 5.91 Å². The first-order valence-electron chi connectivity index (χ1n) is 10.1. The molecule has 1 saturated heterocycles. The first-order valence-corrected chi connectivity index (χ1v) is 10.9. The van der Waals surface area contributed by atoms with E-state index in [1.165, 1.54) is 29.7 Å². The number of nitrogens with zero attached hydrogens (tertiary/aromatic N) is 2. The van der Waals surface area contributed by atoms with Crippen molar-refractivity contribution in [2.45, 2.75) is 38.5 Å². The number of hydrogen-bond donors (Lipinski definition) is 1. The second kappa shape index (κ2) is 10.2. The summed E-state index contributed by atoms with van der Waals surface area (Å²) in [5, 5.41) is 2.92. The van der Waals surface area contributed by atoms with Crippen LogP contribution in [0, 0.1) is 0 Å². The number of ether oxygens (including phenoxy) is 1. The van der Waals surface area contributed by atoms with Gasteiger partial charge in [-0.2, -0.15) is 0 Å². The van der Waals surface area contributed by atoms with Gasteiger partial charge in [-0.25, -0.2) is 0 Å². The molecule has 1 aliphatic carbocycles. The molecule has 1 aromatic rings. The van der Waals surface area contributed by atoms with Gasteiger partial charge in [-0.3, -0.25) is 14.5 Å². The van der Waals surface area contributed by atoms with Gasteiger partial charge in [0.1, 0.15) is 0 Å². The molecule has 2 heterocycles. The molecule has 2 amide bonds. The fourth-order valence-electron chi connectivity index (χ4n) is 3.74. The molecule has 1 aromatic heterocycles. The predicted octanol–water partition coefficient (Wildman–Crippen LogP) is 1.93. The second-order valence-corrected chi connectivity index (χ2v) is 8.52. The first kappa shape index (κ1) is 20.3. The molecule has 2 aliphatic rings. The minimum absolute atomic E-state index is 0.0490. The van der Waals surface area contributed by atoms with E-state index >= 15 is 0 Å². The molecule has 1 N–H and O–H groups in total. The fraction of sp³-hybridized carbons (Fsp3) is 0.700. The molecule has 1 fully saturated rings. The maximum absolute atomic E-state index is 12.9. The van der Waals surface area contributed by atoms with Crippen LogP contribution in [0.15, 0.2) is 6.07 Å². The summed E-state index contributed by atoms with van der Waals surface area (Å²) in [7, 11) is 1.66. The number of piperazine rings is 1. The van der Waals surface area contributed by atoms with Gasteiger partial charge in [0.05, 0.1) is 11.4 Å². The lowest BCUT2D eigenvalue weighted by molar-refractivity contribution is -0.122. The maximum atomic E-state index is 12.9. The summed E-state index contributed by atoms with van der Waals surface area (Å²) in [4.78, 5) is 31.2. The molecule has 0 aromatic carbocycles. The molecule has 1 aliphatic heterocycles. The predicted molar refractivity (Wildman–Crippen MR) is 107 cm³/mol. The third-order valence-electron chi connectivity index (χ3n) is 5.33. The summed E-state index contributed by atoms with van der Waals surface area (Å²) >= 11 is 1.70. The molecule has 150 valence electrons. The van der Waals surface area contributed by atoms with Gasteiger partial charge in [0.25, 0.3) is 5.91 Å². The SMILES string of the molecule is COCCCNC(=O)CN1CCN(C(=O)c2cc3c(s2)CCCCC3)CC1. The minimum atomic E-state index is 0.0490. The summed E-state index contributed by atoms with van der Waals surface area (Å²) in [5.74, 6) is 0.213. The Morgan fingerprint density at radius 1 is 1.15 bits per heavy atom. The average molecular weight is 394 g/mol. The van der Waals surface area contributed by atoms with Gasteiger partial charge >= 0.3 is 0 Å². The van der Waals surface area contributed by atoms with Crippen LogP contribution in [0.3, 0.4) is 0 Å². The highest BCUT2D eigenvalue weighted by molar-refractivity contribution is 7.14. The second-order valence-electron chi connectivity index (χ2n) is 7.38. The average Bonchev–Trinajstić information content (AvgIpc) is 2.96. The van der Waals surface area contributed by atoms with Crippen molar-refractivity contribution in [3.8, 4) is 0 Å². The standard InChI is InChI=1S/C20H31N3O3S/c1-26-13-5-8-21-19(24)15-22-9-11-23(12-10-22)20(25)18-14-16-6-3-2-4-7-17(16)27-18/h14H,2-13,15H2,1H3,(H,21,24). The number of methoxy groups -OCH3 is 1. The number of fused-ring (bicyclic) bond motifs is 1. The normalized spacial score (nSPS) is 18.0. The molecule has 3 rings (SSSR count). The van der Waals surface area contributed by atoms with Crippen LogP contribution in [-0.4, -0.2) is 74.6 Å². The van der Waals surface area contributed by atoms with Crippen molar-refractivity contribution >= 4 is 23.2 Å². The Labute approximate surface area is 165 Å². The number of carbonyl (C=O) groups is 2. The smallest absolute Gasteiger partial charge is 0.264 e. The molecule has 0 saturated carbocycles. The summed E-state index contributed by atoms with van der Waals surface area (Å²) in [6, 6.07) is 2.13. The van der Waals surface area contributed by atoms with Crippen LogP contribution in [0.4, 0.5) is 0 Å². The number of carbonyl (C=O) groups excluding carboxylic acids is 2. The Bertz CT molecular complexity index is 615. The van der Waals surface area contributed by atoms with Crippen LogP contribution in [0.25, 0.3) is 0 Å². The van der Waals surface area contributed by atoms with E-state index in [-0.39, 0.29) is 11.8 Å². The van der Waals surface area contributed by atoms with E-state index in [4.69, 9.17) is 4.74 Å². The lowest BCUT2D eigenvalue weighted by Crippen LogP contribution is -2.51. The number of amides is 2. The highest BCUT2D eigenvalue weighted by Gasteiger charge is 2.25. The van der Waals surface area contributed by atoms with Crippen LogP contribution in [0.1, 0.15) is 45.8 Å². The van der Waals surface area contributed by atoms with Crippen molar-refractivity contribution in [2.24, 2.45) is 0 Å². The summed E-state index contributed by atoms with van der Waals surface area (Å²) in [6.45, 7) is 4.60. The third-order valence-corrected chi connectivity index (χ3v) is 6.56. The zero-order valence-electron chi connectivity index (χ0n) is 16.3. The van der Waals surface area contributed by atoms with Gasteiger partial charge < -0.3 is 15.0 Å². The van der Waals surface area contributed by atoms with E-state index in [0.29, 0.717) is 32.8 Å². The quantitative estimate of drug-likeness (QED) is 0.568. The van der Waals surface area contributed by atoms with Crippen LogP contribution in [0.2, 0.25) is 0 Å². The topological polar surface area (TPSA) is 61.9 Å². The van der Waals surface area contributed by atoms with Gasteiger partial charge in [-0.1, -0.05) is 6.42 Å². The molecular weight excluding hydrogens is 362 g/mol. The molecule has 27 heavy (non-hydrogen) atoms. The Kier molecular flexibility index (Phi) is 7.67. The van der Waals surface area contributed by atoms with Gasteiger partial charge in [0.15, 0.2) is 0 Å². The molecular formula is C20H31N3O3S. The minimum Gasteiger partial charge on any atom is -0.385 e. The van der Waals surface area contributed by atoms with E-state index in [2.05, 4.69) is 16.3 Å². The molecule has 7 heteroatoms. The molecule has 0 bridgehead atoms. The maximum Gasteiger partial charge on any atom is 0.264 e. The van der Waals surface area contributed by atoms with Gasteiger partial charge in [-0.05, 0) is 43.7 Å². The van der Waals surface area contributed by atoms with Crippen molar-refractivity contribution in [1.29, 1.82) is 0 Å².